The minimum atomic E-state index is 0.384. The molecule has 2 unspecified atom stereocenters. The van der Waals surface area contributed by atoms with Gasteiger partial charge in [0.05, 0.1) is 0 Å². The third kappa shape index (κ3) is 3.76. The van der Waals surface area contributed by atoms with E-state index >= 15 is 0 Å². The second-order valence-electron chi connectivity index (χ2n) is 4.09. The molecule has 68 valence electrons. The second kappa shape index (κ2) is 4.76. The highest BCUT2D eigenvalue weighted by Gasteiger charge is 2.21. The van der Waals surface area contributed by atoms with Crippen molar-refractivity contribution in [3.05, 3.63) is 0 Å². The highest BCUT2D eigenvalue weighted by atomic mass is 14.6. The van der Waals surface area contributed by atoms with Gasteiger partial charge in [0.1, 0.15) is 0 Å². The molecule has 0 aromatic heterocycles. The monoisotopic (exact) mass is 157 g/mol. The van der Waals surface area contributed by atoms with Crippen LogP contribution in [0.15, 0.2) is 0 Å². The topological polar surface area (TPSA) is 26.0 Å². The van der Waals surface area contributed by atoms with Gasteiger partial charge in [-0.15, -0.1) is 0 Å². The summed E-state index contributed by atoms with van der Waals surface area (Å²) in [5, 5.41) is 0. The molecule has 0 saturated carbocycles. The van der Waals surface area contributed by atoms with Gasteiger partial charge in [-0.1, -0.05) is 34.1 Å². The van der Waals surface area contributed by atoms with Crippen LogP contribution in [-0.4, -0.2) is 6.54 Å². The van der Waals surface area contributed by atoms with E-state index in [2.05, 4.69) is 27.7 Å². The van der Waals surface area contributed by atoms with Crippen molar-refractivity contribution < 1.29 is 0 Å². The molecule has 0 aliphatic rings. The van der Waals surface area contributed by atoms with Gasteiger partial charge in [-0.25, -0.2) is 0 Å². The Hall–Kier alpha value is -0.0400. The van der Waals surface area contributed by atoms with Gasteiger partial charge in [-0.2, -0.15) is 0 Å². The number of hydrogen-bond donors (Lipinski definition) is 1. The average Bonchev–Trinajstić information content (AvgIpc) is 2.04. The summed E-state index contributed by atoms with van der Waals surface area (Å²) in [5.41, 5.74) is 6.10. The highest BCUT2D eigenvalue weighted by Crippen LogP contribution is 2.29. The molecule has 0 aliphatic heterocycles. The molecule has 0 amide bonds. The van der Waals surface area contributed by atoms with Crippen LogP contribution in [0.4, 0.5) is 0 Å². The van der Waals surface area contributed by atoms with Crippen LogP contribution >= 0.6 is 0 Å². The number of hydrogen-bond acceptors (Lipinski definition) is 1. The van der Waals surface area contributed by atoms with Crippen LogP contribution in [0.25, 0.3) is 0 Å². The molecule has 0 aromatic rings. The molecule has 0 spiro atoms. The molecule has 0 aromatic carbocycles. The van der Waals surface area contributed by atoms with E-state index in [-0.39, 0.29) is 0 Å². The summed E-state index contributed by atoms with van der Waals surface area (Å²) >= 11 is 0. The van der Waals surface area contributed by atoms with Crippen molar-refractivity contribution in [2.75, 3.05) is 6.54 Å². The predicted molar refractivity (Wildman–Crippen MR) is 51.5 cm³/mol. The molecule has 2 N–H and O–H groups in total. The average molecular weight is 157 g/mol. The van der Waals surface area contributed by atoms with Crippen molar-refractivity contribution in [2.45, 2.75) is 47.0 Å². The summed E-state index contributed by atoms with van der Waals surface area (Å²) < 4.78 is 0. The zero-order chi connectivity index (χ0) is 8.91. The summed E-state index contributed by atoms with van der Waals surface area (Å²) in [6.45, 7) is 9.91. The van der Waals surface area contributed by atoms with Crippen molar-refractivity contribution in [1.29, 1.82) is 0 Å². The molecular formula is C10H23N. The maximum atomic E-state index is 5.72. The molecule has 1 nitrogen and oxygen atoms in total. The molecule has 2 atom stereocenters. The molecule has 0 radical (unpaired) electrons. The summed E-state index contributed by atoms with van der Waals surface area (Å²) in [6, 6.07) is 0. The normalized spacial score (nSPS) is 19.4. The van der Waals surface area contributed by atoms with Crippen LogP contribution in [0.2, 0.25) is 0 Å². The van der Waals surface area contributed by atoms with Crippen molar-refractivity contribution in [3.63, 3.8) is 0 Å². The molecule has 11 heavy (non-hydrogen) atoms. The summed E-state index contributed by atoms with van der Waals surface area (Å²) in [7, 11) is 0. The lowest BCUT2D eigenvalue weighted by Gasteiger charge is -2.29. The van der Waals surface area contributed by atoms with E-state index in [1.165, 1.54) is 19.3 Å². The van der Waals surface area contributed by atoms with Crippen LogP contribution in [0.3, 0.4) is 0 Å². The van der Waals surface area contributed by atoms with E-state index in [0.29, 0.717) is 5.41 Å². The van der Waals surface area contributed by atoms with Crippen LogP contribution in [0.5, 0.6) is 0 Å². The van der Waals surface area contributed by atoms with Crippen LogP contribution in [0, 0.1) is 11.3 Å². The molecule has 1 heteroatoms. The van der Waals surface area contributed by atoms with Gasteiger partial charge in [-0.05, 0) is 30.7 Å². The maximum Gasteiger partial charge on any atom is -0.00232 e. The quantitative estimate of drug-likeness (QED) is 0.652. The standard InChI is InChI=1S/C10H23N/c1-5-9(3)7-10(4,6-2)8-11/h9H,5-8,11H2,1-4H3. The van der Waals surface area contributed by atoms with Gasteiger partial charge in [0.25, 0.3) is 0 Å². The first kappa shape index (κ1) is 11.0. The van der Waals surface area contributed by atoms with E-state index < -0.39 is 0 Å². The molecule has 0 rings (SSSR count). The largest absolute Gasteiger partial charge is 0.330 e. The van der Waals surface area contributed by atoms with E-state index in [4.69, 9.17) is 5.73 Å². The Labute approximate surface area is 71.4 Å². The van der Waals surface area contributed by atoms with Crippen LogP contribution in [-0.2, 0) is 0 Å². The zero-order valence-electron chi connectivity index (χ0n) is 8.48. The summed E-state index contributed by atoms with van der Waals surface area (Å²) in [4.78, 5) is 0. The molecular weight excluding hydrogens is 134 g/mol. The maximum absolute atomic E-state index is 5.72. The Bertz CT molecular complexity index is 95.0. The Kier molecular flexibility index (Phi) is 4.74. The van der Waals surface area contributed by atoms with Crippen LogP contribution in [0.1, 0.15) is 47.0 Å². The number of rotatable bonds is 5. The molecule has 0 aliphatic carbocycles. The van der Waals surface area contributed by atoms with Crippen LogP contribution < -0.4 is 5.73 Å². The van der Waals surface area contributed by atoms with E-state index in [0.717, 1.165) is 12.5 Å². The minimum absolute atomic E-state index is 0.384. The highest BCUT2D eigenvalue weighted by molar-refractivity contribution is 4.75. The van der Waals surface area contributed by atoms with E-state index in [1.54, 1.807) is 0 Å². The Morgan fingerprint density at radius 3 is 2.18 bits per heavy atom. The Morgan fingerprint density at radius 1 is 1.36 bits per heavy atom. The smallest absolute Gasteiger partial charge is 0.00232 e. The zero-order valence-corrected chi connectivity index (χ0v) is 8.48. The summed E-state index contributed by atoms with van der Waals surface area (Å²) in [6.07, 6.45) is 3.75. The van der Waals surface area contributed by atoms with Gasteiger partial charge in [0.15, 0.2) is 0 Å². The Morgan fingerprint density at radius 2 is 1.91 bits per heavy atom. The van der Waals surface area contributed by atoms with Crippen molar-refractivity contribution in [2.24, 2.45) is 17.1 Å². The molecule has 0 saturated heterocycles. The first-order chi connectivity index (χ1) is 5.08. The van der Waals surface area contributed by atoms with Gasteiger partial charge in [0.2, 0.25) is 0 Å². The first-order valence-corrected chi connectivity index (χ1v) is 4.78. The SMILES string of the molecule is CCC(C)CC(C)(CC)CN. The fraction of sp³-hybridized carbons (Fsp3) is 1.00. The first-order valence-electron chi connectivity index (χ1n) is 4.78. The lowest BCUT2D eigenvalue weighted by molar-refractivity contribution is 0.244. The number of nitrogens with two attached hydrogens (primary N) is 1. The van der Waals surface area contributed by atoms with Crippen molar-refractivity contribution in [3.8, 4) is 0 Å². The third-order valence-corrected chi connectivity index (χ3v) is 2.88. The lowest BCUT2D eigenvalue weighted by Crippen LogP contribution is -2.28. The molecule has 0 fully saturated rings. The van der Waals surface area contributed by atoms with Gasteiger partial charge < -0.3 is 5.73 Å². The van der Waals surface area contributed by atoms with Crippen molar-refractivity contribution >= 4 is 0 Å². The fourth-order valence-corrected chi connectivity index (χ4v) is 1.36. The van der Waals surface area contributed by atoms with Crippen molar-refractivity contribution in [1.82, 2.24) is 0 Å². The Balaban J connectivity index is 3.86. The third-order valence-electron chi connectivity index (χ3n) is 2.88. The lowest BCUT2D eigenvalue weighted by atomic mass is 9.79. The summed E-state index contributed by atoms with van der Waals surface area (Å²) in [5.74, 6) is 0.823. The second-order valence-corrected chi connectivity index (χ2v) is 4.09. The fourth-order valence-electron chi connectivity index (χ4n) is 1.36. The van der Waals surface area contributed by atoms with E-state index in [9.17, 15) is 0 Å². The predicted octanol–water partition coefficient (Wildman–Crippen LogP) is 2.80. The minimum Gasteiger partial charge on any atom is -0.330 e. The molecule has 0 heterocycles. The van der Waals surface area contributed by atoms with Gasteiger partial charge in [0, 0.05) is 0 Å². The van der Waals surface area contributed by atoms with Gasteiger partial charge >= 0.3 is 0 Å². The van der Waals surface area contributed by atoms with E-state index in [1.807, 2.05) is 0 Å². The van der Waals surface area contributed by atoms with Gasteiger partial charge in [-0.3, -0.25) is 0 Å². The molecule has 0 bridgehead atoms.